The lowest BCUT2D eigenvalue weighted by Gasteiger charge is -2.24. The fourth-order valence-electron chi connectivity index (χ4n) is 1.80. The molecule has 1 aromatic rings. The lowest BCUT2D eigenvalue weighted by atomic mass is 10.0. The molecule has 1 atom stereocenters. The molecule has 0 bridgehead atoms. The summed E-state index contributed by atoms with van der Waals surface area (Å²) in [6.45, 7) is 6.95. The van der Waals surface area contributed by atoms with E-state index in [4.69, 9.17) is 4.74 Å². The molecule has 22 heavy (non-hydrogen) atoms. The highest BCUT2D eigenvalue weighted by molar-refractivity contribution is 7.81. The van der Waals surface area contributed by atoms with Gasteiger partial charge in [0, 0.05) is 5.56 Å². The summed E-state index contributed by atoms with van der Waals surface area (Å²) in [7, 11) is -5.14. The van der Waals surface area contributed by atoms with E-state index in [9.17, 15) is 17.1 Å². The summed E-state index contributed by atoms with van der Waals surface area (Å²) in [6.07, 6.45) is -0.219. The molecule has 6 nitrogen and oxygen atoms in total. The zero-order valence-electron chi connectivity index (χ0n) is 12.9. The Kier molecular flexibility index (Phi) is 5.76. The van der Waals surface area contributed by atoms with Crippen molar-refractivity contribution >= 4 is 16.6 Å². The van der Waals surface area contributed by atoms with Gasteiger partial charge in [0.15, 0.2) is 5.75 Å². The van der Waals surface area contributed by atoms with Crippen LogP contribution < -0.4 is 9.50 Å². The van der Waals surface area contributed by atoms with Crippen LogP contribution in [-0.4, -0.2) is 20.1 Å². The second-order valence-electron chi connectivity index (χ2n) is 5.62. The summed E-state index contributed by atoms with van der Waals surface area (Å²) in [5.74, 6) is -0.173. The van der Waals surface area contributed by atoms with Crippen molar-refractivity contribution in [2.45, 2.75) is 45.8 Å². The number of nitrogens with one attached hydrogen (secondary N) is 1. The molecule has 124 valence electrons. The summed E-state index contributed by atoms with van der Waals surface area (Å²) in [4.78, 5) is 11.8. The van der Waals surface area contributed by atoms with Gasteiger partial charge in [-0.1, -0.05) is 29.0 Å². The van der Waals surface area contributed by atoms with Gasteiger partial charge in [-0.2, -0.15) is 8.42 Å². The van der Waals surface area contributed by atoms with Crippen LogP contribution in [0.3, 0.4) is 0 Å². The van der Waals surface area contributed by atoms with Gasteiger partial charge in [0.1, 0.15) is 5.60 Å². The molecule has 0 heterocycles. The second kappa shape index (κ2) is 6.95. The van der Waals surface area contributed by atoms with Crippen molar-refractivity contribution in [3.05, 3.63) is 29.8 Å². The first-order valence-electron chi connectivity index (χ1n) is 6.74. The summed E-state index contributed by atoms with van der Waals surface area (Å²) in [5, 5.41) is 2.61. The summed E-state index contributed by atoms with van der Waals surface area (Å²) in [5.41, 5.74) is -0.321. The largest absolute Gasteiger partial charge is 0.488 e. The number of hydrogen-bond donors (Lipinski definition) is 1. The van der Waals surface area contributed by atoms with E-state index < -0.39 is 28.2 Å². The smallest absolute Gasteiger partial charge is 0.444 e. The molecule has 1 unspecified atom stereocenters. The van der Waals surface area contributed by atoms with Crippen molar-refractivity contribution in [3.8, 4) is 5.75 Å². The van der Waals surface area contributed by atoms with Crippen LogP contribution in [0.5, 0.6) is 5.75 Å². The van der Waals surface area contributed by atoms with E-state index in [1.54, 1.807) is 39.8 Å². The van der Waals surface area contributed by atoms with Crippen LogP contribution in [0.1, 0.15) is 45.7 Å². The third-order valence-corrected chi connectivity index (χ3v) is 2.96. The number of carbonyl (C=O) groups excluding carboxylic acids is 1. The Balaban J connectivity index is 2.98. The number of halogens is 1. The Morgan fingerprint density at radius 2 is 1.91 bits per heavy atom. The predicted octanol–water partition coefficient (Wildman–Crippen LogP) is 3.26. The molecule has 0 saturated heterocycles. The maximum absolute atomic E-state index is 12.7. The van der Waals surface area contributed by atoms with Gasteiger partial charge in [-0.15, -0.1) is 0 Å². The van der Waals surface area contributed by atoms with Gasteiger partial charge in [0.25, 0.3) is 0 Å². The van der Waals surface area contributed by atoms with E-state index in [0.29, 0.717) is 12.0 Å². The van der Waals surface area contributed by atoms with E-state index in [-0.39, 0.29) is 5.75 Å². The Labute approximate surface area is 130 Å². The lowest BCUT2D eigenvalue weighted by molar-refractivity contribution is 0.0502. The van der Waals surface area contributed by atoms with E-state index in [0.717, 1.165) is 0 Å². The molecule has 0 spiro atoms. The molecule has 1 rings (SSSR count). The van der Waals surface area contributed by atoms with Gasteiger partial charge in [-0.3, -0.25) is 0 Å². The number of ether oxygens (including phenoxy) is 1. The van der Waals surface area contributed by atoms with Crippen LogP contribution in [0.15, 0.2) is 24.3 Å². The van der Waals surface area contributed by atoms with Crippen molar-refractivity contribution in [1.82, 2.24) is 5.32 Å². The van der Waals surface area contributed by atoms with Crippen LogP contribution >= 0.6 is 0 Å². The Hall–Kier alpha value is -1.83. The summed E-state index contributed by atoms with van der Waals surface area (Å²) < 4.78 is 43.6. The minimum Gasteiger partial charge on any atom is -0.444 e. The fourth-order valence-corrected chi connectivity index (χ4v) is 2.17. The molecule has 0 fully saturated rings. The average Bonchev–Trinajstić information content (AvgIpc) is 2.33. The number of carbonyl (C=O) groups is 1. The lowest BCUT2D eigenvalue weighted by Crippen LogP contribution is -2.35. The zero-order chi connectivity index (χ0) is 17.0. The van der Waals surface area contributed by atoms with E-state index in [2.05, 4.69) is 9.50 Å². The minimum atomic E-state index is -5.14. The van der Waals surface area contributed by atoms with Crippen molar-refractivity contribution < 1.29 is 26.0 Å². The van der Waals surface area contributed by atoms with Crippen LogP contribution in [0.4, 0.5) is 8.68 Å². The molecular weight excluding hydrogens is 313 g/mol. The topological polar surface area (TPSA) is 81.7 Å². The van der Waals surface area contributed by atoms with Crippen molar-refractivity contribution in [2.75, 3.05) is 0 Å². The molecule has 0 aliphatic heterocycles. The fraction of sp³-hybridized carbons (Fsp3) is 0.500. The molecule has 1 aromatic carbocycles. The molecular formula is C14H20FNO5S. The van der Waals surface area contributed by atoms with Crippen molar-refractivity contribution in [3.63, 3.8) is 0 Å². The van der Waals surface area contributed by atoms with Gasteiger partial charge < -0.3 is 14.2 Å². The molecule has 0 aromatic heterocycles. The predicted molar refractivity (Wildman–Crippen MR) is 79.5 cm³/mol. The van der Waals surface area contributed by atoms with Crippen LogP contribution in [0, 0.1) is 0 Å². The SMILES string of the molecule is CCC(NC(=O)OC(C)(C)C)c1ccccc1OS(=O)(=O)F. The molecule has 0 aliphatic carbocycles. The monoisotopic (exact) mass is 333 g/mol. The van der Waals surface area contributed by atoms with Crippen LogP contribution in [0.2, 0.25) is 0 Å². The van der Waals surface area contributed by atoms with Crippen molar-refractivity contribution in [1.29, 1.82) is 0 Å². The highest BCUT2D eigenvalue weighted by atomic mass is 32.3. The van der Waals surface area contributed by atoms with E-state index in [1.165, 1.54) is 12.1 Å². The quantitative estimate of drug-likeness (QED) is 0.836. The highest BCUT2D eigenvalue weighted by Gasteiger charge is 2.23. The Morgan fingerprint density at radius 3 is 2.41 bits per heavy atom. The third-order valence-electron chi connectivity index (χ3n) is 2.58. The van der Waals surface area contributed by atoms with Crippen molar-refractivity contribution in [2.24, 2.45) is 0 Å². The maximum atomic E-state index is 12.7. The first-order chi connectivity index (χ1) is 10.0. The van der Waals surface area contributed by atoms with Gasteiger partial charge in [0.2, 0.25) is 0 Å². The van der Waals surface area contributed by atoms with E-state index in [1.807, 2.05) is 0 Å². The molecule has 1 N–H and O–H groups in total. The second-order valence-corrected chi connectivity index (χ2v) is 6.57. The van der Waals surface area contributed by atoms with Gasteiger partial charge >= 0.3 is 16.6 Å². The maximum Gasteiger partial charge on any atom is 0.488 e. The molecule has 0 saturated carbocycles. The normalized spacial score (nSPS) is 13.3. The molecule has 0 radical (unpaired) electrons. The molecule has 8 heteroatoms. The van der Waals surface area contributed by atoms with Crippen LogP contribution in [-0.2, 0) is 15.2 Å². The van der Waals surface area contributed by atoms with E-state index >= 15 is 0 Å². The number of alkyl carbamates (subject to hydrolysis) is 1. The number of amides is 1. The average molecular weight is 333 g/mol. The summed E-state index contributed by atoms with van der Waals surface area (Å²) in [6, 6.07) is 5.42. The first kappa shape index (κ1) is 18.2. The number of hydrogen-bond acceptors (Lipinski definition) is 5. The first-order valence-corrected chi connectivity index (χ1v) is 8.05. The van der Waals surface area contributed by atoms with Gasteiger partial charge in [-0.05, 0) is 33.3 Å². The molecule has 1 amide bonds. The van der Waals surface area contributed by atoms with Crippen LogP contribution in [0.25, 0.3) is 0 Å². The Bertz CT molecular complexity index is 624. The standard InChI is InChI=1S/C14H20FNO5S/c1-5-11(16-13(17)20-14(2,3)4)10-8-6-7-9-12(10)21-22(15,18)19/h6-9,11H,5H2,1-4H3,(H,16,17). The number of para-hydroxylation sites is 1. The summed E-state index contributed by atoms with van der Waals surface area (Å²) >= 11 is 0. The van der Waals surface area contributed by atoms with Gasteiger partial charge in [-0.25, -0.2) is 4.79 Å². The Morgan fingerprint density at radius 1 is 1.32 bits per heavy atom. The zero-order valence-corrected chi connectivity index (χ0v) is 13.7. The third kappa shape index (κ3) is 6.30. The van der Waals surface area contributed by atoms with Gasteiger partial charge in [0.05, 0.1) is 6.04 Å². The molecule has 0 aliphatic rings. The number of rotatable bonds is 5. The minimum absolute atomic E-state index is 0.173. The number of benzene rings is 1. The highest BCUT2D eigenvalue weighted by Crippen LogP contribution is 2.28.